The van der Waals surface area contributed by atoms with Crippen LogP contribution >= 0.6 is 0 Å². The predicted octanol–water partition coefficient (Wildman–Crippen LogP) is 2.98. The van der Waals surface area contributed by atoms with E-state index in [0.717, 1.165) is 18.9 Å². The summed E-state index contributed by atoms with van der Waals surface area (Å²) in [4.78, 5) is 24.2. The van der Waals surface area contributed by atoms with Gasteiger partial charge in [-0.3, -0.25) is 9.59 Å². The van der Waals surface area contributed by atoms with E-state index >= 15 is 0 Å². The van der Waals surface area contributed by atoms with Crippen LogP contribution in [-0.4, -0.2) is 25.0 Å². The first kappa shape index (κ1) is 16.0. The molecule has 1 fully saturated rings. The highest BCUT2D eigenvalue weighted by atomic mass is 19.1. The minimum Gasteiger partial charge on any atom is -0.496 e. The van der Waals surface area contributed by atoms with E-state index in [9.17, 15) is 14.0 Å². The quantitative estimate of drug-likeness (QED) is 0.887. The molecule has 124 valence electrons. The average Bonchev–Trinajstić information content (AvgIpc) is 3.39. The van der Waals surface area contributed by atoms with Gasteiger partial charge in [-0.05, 0) is 55.3 Å². The predicted molar refractivity (Wildman–Crippen MR) is 87.8 cm³/mol. The lowest BCUT2D eigenvalue weighted by molar-refractivity contribution is 0.0950. The van der Waals surface area contributed by atoms with E-state index in [1.165, 1.54) is 19.2 Å². The third kappa shape index (κ3) is 3.71. The lowest BCUT2D eigenvalue weighted by Crippen LogP contribution is -2.25. The molecule has 0 heterocycles. The van der Waals surface area contributed by atoms with Crippen molar-refractivity contribution in [1.82, 2.24) is 5.32 Å². The minimum atomic E-state index is -0.520. The van der Waals surface area contributed by atoms with Crippen molar-refractivity contribution in [2.24, 2.45) is 0 Å². The van der Waals surface area contributed by atoms with Gasteiger partial charge in [0, 0.05) is 17.3 Å². The Labute approximate surface area is 138 Å². The molecule has 6 heteroatoms. The zero-order valence-corrected chi connectivity index (χ0v) is 13.1. The molecule has 2 aromatic rings. The number of hydrogen-bond acceptors (Lipinski definition) is 3. The lowest BCUT2D eigenvalue weighted by atomic mass is 10.1. The smallest absolute Gasteiger partial charge is 0.259 e. The summed E-state index contributed by atoms with van der Waals surface area (Å²) in [5.74, 6) is -0.842. The SMILES string of the molecule is COc1ccc(F)cc1C(=O)Nc1ccc(C(=O)NC2CC2)cc1. The van der Waals surface area contributed by atoms with Crippen LogP contribution in [0, 0.1) is 5.82 Å². The summed E-state index contributed by atoms with van der Waals surface area (Å²) in [5, 5.41) is 5.56. The molecule has 2 amide bonds. The van der Waals surface area contributed by atoms with Gasteiger partial charge >= 0.3 is 0 Å². The summed E-state index contributed by atoms with van der Waals surface area (Å²) in [6.45, 7) is 0. The third-order valence-electron chi connectivity index (χ3n) is 3.72. The second kappa shape index (κ2) is 6.70. The Hall–Kier alpha value is -2.89. The van der Waals surface area contributed by atoms with Crippen molar-refractivity contribution in [3.63, 3.8) is 0 Å². The topological polar surface area (TPSA) is 67.4 Å². The van der Waals surface area contributed by atoms with Gasteiger partial charge in [0.05, 0.1) is 12.7 Å². The summed E-state index contributed by atoms with van der Waals surface area (Å²) in [6.07, 6.45) is 2.05. The van der Waals surface area contributed by atoms with Gasteiger partial charge in [-0.2, -0.15) is 0 Å². The zero-order chi connectivity index (χ0) is 17.1. The molecule has 0 atom stereocenters. The maximum Gasteiger partial charge on any atom is 0.259 e. The van der Waals surface area contributed by atoms with Gasteiger partial charge in [0.1, 0.15) is 11.6 Å². The van der Waals surface area contributed by atoms with Gasteiger partial charge in [-0.1, -0.05) is 0 Å². The van der Waals surface area contributed by atoms with Crippen molar-refractivity contribution < 1.29 is 18.7 Å². The number of nitrogens with one attached hydrogen (secondary N) is 2. The van der Waals surface area contributed by atoms with Gasteiger partial charge in [0.15, 0.2) is 0 Å². The fraction of sp³-hybridized carbons (Fsp3) is 0.222. The fourth-order valence-corrected chi connectivity index (χ4v) is 2.26. The maximum absolute atomic E-state index is 13.4. The first-order valence-electron chi connectivity index (χ1n) is 7.62. The highest BCUT2D eigenvalue weighted by Gasteiger charge is 2.23. The van der Waals surface area contributed by atoms with E-state index < -0.39 is 11.7 Å². The van der Waals surface area contributed by atoms with Crippen LogP contribution in [0.5, 0.6) is 5.75 Å². The van der Waals surface area contributed by atoms with Gasteiger partial charge in [0.2, 0.25) is 0 Å². The van der Waals surface area contributed by atoms with Gasteiger partial charge in [0.25, 0.3) is 11.8 Å². The molecular weight excluding hydrogens is 311 g/mol. The molecule has 1 aliphatic carbocycles. The molecule has 0 aromatic heterocycles. The Morgan fingerprint density at radius 3 is 2.42 bits per heavy atom. The standard InChI is InChI=1S/C18H17FN2O3/c1-24-16-9-4-12(19)10-15(16)18(23)21-13-5-2-11(3-6-13)17(22)20-14-7-8-14/h2-6,9-10,14H,7-8H2,1H3,(H,20,22)(H,21,23). The van der Waals surface area contributed by atoms with E-state index in [-0.39, 0.29) is 23.3 Å². The van der Waals surface area contributed by atoms with E-state index in [2.05, 4.69) is 10.6 Å². The average molecular weight is 328 g/mol. The highest BCUT2D eigenvalue weighted by molar-refractivity contribution is 6.06. The molecule has 2 aromatic carbocycles. The molecule has 1 aliphatic rings. The molecule has 0 unspecified atom stereocenters. The minimum absolute atomic E-state index is 0.105. The van der Waals surface area contributed by atoms with Crippen LogP contribution in [0.3, 0.4) is 0 Å². The van der Waals surface area contributed by atoms with Crippen molar-refractivity contribution in [3.8, 4) is 5.75 Å². The van der Waals surface area contributed by atoms with Crippen molar-refractivity contribution in [2.45, 2.75) is 18.9 Å². The maximum atomic E-state index is 13.4. The van der Waals surface area contributed by atoms with Crippen LogP contribution in [0.2, 0.25) is 0 Å². The van der Waals surface area contributed by atoms with Crippen molar-refractivity contribution in [2.75, 3.05) is 12.4 Å². The number of amides is 2. The molecule has 5 nitrogen and oxygen atoms in total. The second-order valence-electron chi connectivity index (χ2n) is 5.62. The molecule has 0 aliphatic heterocycles. The fourth-order valence-electron chi connectivity index (χ4n) is 2.26. The van der Waals surface area contributed by atoms with E-state index in [4.69, 9.17) is 4.74 Å². The molecule has 0 radical (unpaired) electrons. The van der Waals surface area contributed by atoms with Crippen molar-refractivity contribution in [3.05, 3.63) is 59.4 Å². The number of halogens is 1. The third-order valence-corrected chi connectivity index (χ3v) is 3.72. The van der Waals surface area contributed by atoms with Crippen molar-refractivity contribution in [1.29, 1.82) is 0 Å². The van der Waals surface area contributed by atoms with Crippen LogP contribution in [-0.2, 0) is 0 Å². The van der Waals surface area contributed by atoms with Gasteiger partial charge in [-0.25, -0.2) is 4.39 Å². The summed E-state index contributed by atoms with van der Waals surface area (Å²) in [6, 6.07) is 10.6. The summed E-state index contributed by atoms with van der Waals surface area (Å²) < 4.78 is 18.4. The van der Waals surface area contributed by atoms with Crippen LogP contribution in [0.4, 0.5) is 10.1 Å². The molecule has 0 bridgehead atoms. The summed E-state index contributed by atoms with van der Waals surface area (Å²) in [5.41, 5.74) is 1.14. The Morgan fingerprint density at radius 2 is 1.79 bits per heavy atom. The number of carbonyl (C=O) groups is 2. The molecule has 1 saturated carbocycles. The van der Waals surface area contributed by atoms with E-state index in [1.807, 2.05) is 0 Å². The normalized spacial score (nSPS) is 13.2. The number of methoxy groups -OCH3 is 1. The molecular formula is C18H17FN2O3. The number of carbonyl (C=O) groups excluding carboxylic acids is 2. The number of ether oxygens (including phenoxy) is 1. The number of benzene rings is 2. The van der Waals surface area contributed by atoms with E-state index in [0.29, 0.717) is 11.3 Å². The van der Waals surface area contributed by atoms with Gasteiger partial charge in [-0.15, -0.1) is 0 Å². The lowest BCUT2D eigenvalue weighted by Gasteiger charge is -2.10. The Kier molecular flexibility index (Phi) is 4.46. The van der Waals surface area contributed by atoms with Crippen molar-refractivity contribution >= 4 is 17.5 Å². The number of anilines is 1. The largest absolute Gasteiger partial charge is 0.496 e. The van der Waals surface area contributed by atoms with Crippen LogP contribution in [0.1, 0.15) is 33.6 Å². The Bertz CT molecular complexity index is 770. The molecule has 3 rings (SSSR count). The Morgan fingerprint density at radius 1 is 1.08 bits per heavy atom. The van der Waals surface area contributed by atoms with Crippen LogP contribution < -0.4 is 15.4 Å². The zero-order valence-electron chi connectivity index (χ0n) is 13.1. The molecule has 24 heavy (non-hydrogen) atoms. The molecule has 2 N–H and O–H groups in total. The molecule has 0 spiro atoms. The first-order chi connectivity index (χ1) is 11.6. The van der Waals surface area contributed by atoms with Gasteiger partial charge < -0.3 is 15.4 Å². The highest BCUT2D eigenvalue weighted by Crippen LogP contribution is 2.22. The Balaban J connectivity index is 1.70. The number of rotatable bonds is 5. The van der Waals surface area contributed by atoms with Crippen LogP contribution in [0.15, 0.2) is 42.5 Å². The van der Waals surface area contributed by atoms with E-state index in [1.54, 1.807) is 24.3 Å². The number of hydrogen-bond donors (Lipinski definition) is 2. The monoisotopic (exact) mass is 328 g/mol. The summed E-state index contributed by atoms with van der Waals surface area (Å²) in [7, 11) is 1.41. The summed E-state index contributed by atoms with van der Waals surface area (Å²) >= 11 is 0. The first-order valence-corrected chi connectivity index (χ1v) is 7.62. The van der Waals surface area contributed by atoms with Crippen LogP contribution in [0.25, 0.3) is 0 Å². The molecule has 0 saturated heterocycles. The second-order valence-corrected chi connectivity index (χ2v) is 5.62.